The minimum atomic E-state index is -4.64. The maximum atomic E-state index is 13.1. The van der Waals surface area contributed by atoms with Crippen molar-refractivity contribution in [2.45, 2.75) is 50.1 Å². The van der Waals surface area contributed by atoms with Crippen LogP contribution in [-0.2, 0) is 6.18 Å². The fourth-order valence-electron chi connectivity index (χ4n) is 2.04. The lowest BCUT2D eigenvalue weighted by atomic mass is 10.2. The smallest absolute Gasteiger partial charge is 0.218 e. The molecule has 0 saturated carbocycles. The van der Waals surface area contributed by atoms with Crippen molar-refractivity contribution in [1.29, 1.82) is 0 Å². The fraction of sp³-hybridized carbons (Fsp3) is 0.500. The second-order valence-corrected chi connectivity index (χ2v) is 6.37. The van der Waals surface area contributed by atoms with Crippen LogP contribution in [0.4, 0.5) is 13.2 Å². The molecule has 3 rings (SSSR count). The van der Waals surface area contributed by atoms with Crippen molar-refractivity contribution in [2.24, 2.45) is 0 Å². The summed E-state index contributed by atoms with van der Waals surface area (Å²) in [6.45, 7) is 7.24. The van der Waals surface area contributed by atoms with Gasteiger partial charge in [0, 0.05) is 5.56 Å². The lowest BCUT2D eigenvalue weighted by Gasteiger charge is -2.11. The Morgan fingerprint density at radius 1 is 1.04 bits per heavy atom. The van der Waals surface area contributed by atoms with Crippen LogP contribution in [0.1, 0.15) is 36.8 Å². The van der Waals surface area contributed by atoms with Crippen molar-refractivity contribution in [2.75, 3.05) is 0 Å². The molecule has 24 heavy (non-hydrogen) atoms. The van der Waals surface area contributed by atoms with E-state index in [1.54, 1.807) is 18.5 Å². The molecule has 128 valence electrons. The molecule has 0 fully saturated rings. The third-order valence-corrected chi connectivity index (χ3v) is 4.48. The first-order chi connectivity index (χ1) is 11.2. The van der Waals surface area contributed by atoms with E-state index in [0.29, 0.717) is 25.8 Å². The molecule has 0 saturated heterocycles. The largest absolute Gasteiger partial charge is 0.453 e. The summed E-state index contributed by atoms with van der Waals surface area (Å²) in [5, 5.41) is 23.1. The van der Waals surface area contributed by atoms with Crippen LogP contribution in [0, 0.1) is 13.8 Å². The van der Waals surface area contributed by atoms with Gasteiger partial charge in [-0.05, 0) is 55.4 Å². The Balaban J connectivity index is 2.14. The van der Waals surface area contributed by atoms with Crippen molar-refractivity contribution in [3.63, 3.8) is 0 Å². The first kappa shape index (κ1) is 16.6. The van der Waals surface area contributed by atoms with Crippen LogP contribution in [-0.4, -0.2) is 40.0 Å². The average molecular weight is 358 g/mol. The van der Waals surface area contributed by atoms with Gasteiger partial charge in [0.2, 0.25) is 5.16 Å². The summed E-state index contributed by atoms with van der Waals surface area (Å²) in [4.78, 5) is 0. The number of aryl methyl sites for hydroxylation is 1. The summed E-state index contributed by atoms with van der Waals surface area (Å²) in [6.07, 6.45) is -4.64. The number of hydrogen-bond donors (Lipinski definition) is 0. The number of alkyl halides is 3. The maximum Gasteiger partial charge on any atom is 0.453 e. The third-order valence-electron chi connectivity index (χ3n) is 3.44. The van der Waals surface area contributed by atoms with E-state index in [0.717, 1.165) is 11.8 Å². The Morgan fingerprint density at radius 3 is 2.38 bits per heavy atom. The molecule has 0 aromatic carbocycles. The van der Waals surface area contributed by atoms with E-state index in [1.807, 2.05) is 13.8 Å². The first-order valence-electron chi connectivity index (χ1n) is 6.95. The number of aromatic nitrogens is 8. The molecular formula is C12H13F3N8S. The molecule has 3 aromatic heterocycles. The van der Waals surface area contributed by atoms with E-state index in [-0.39, 0.29) is 11.7 Å². The summed E-state index contributed by atoms with van der Waals surface area (Å²) in [6, 6.07) is 0.00767. The van der Waals surface area contributed by atoms with Crippen LogP contribution in [0.25, 0.3) is 5.65 Å². The highest BCUT2D eigenvalue weighted by atomic mass is 32.2. The number of nitrogens with zero attached hydrogens (tertiary/aromatic N) is 8. The van der Waals surface area contributed by atoms with Crippen molar-refractivity contribution < 1.29 is 13.2 Å². The lowest BCUT2D eigenvalue weighted by molar-refractivity contribution is -0.146. The summed E-state index contributed by atoms with van der Waals surface area (Å²) in [5.41, 5.74) is 1.35. The zero-order chi connectivity index (χ0) is 17.6. The lowest BCUT2D eigenvalue weighted by Crippen LogP contribution is -2.14. The Labute approximate surface area is 138 Å². The van der Waals surface area contributed by atoms with Gasteiger partial charge < -0.3 is 0 Å². The quantitative estimate of drug-likeness (QED) is 0.711. The number of tetrazole rings is 1. The minimum absolute atomic E-state index is 0.00767. The molecule has 0 N–H and O–H groups in total. The highest BCUT2D eigenvalue weighted by molar-refractivity contribution is 7.99. The van der Waals surface area contributed by atoms with Crippen molar-refractivity contribution in [3.05, 3.63) is 17.0 Å². The van der Waals surface area contributed by atoms with Crippen LogP contribution in [0.2, 0.25) is 0 Å². The monoisotopic (exact) mass is 358 g/mol. The third kappa shape index (κ3) is 2.70. The second kappa shape index (κ2) is 5.69. The SMILES string of the molecule is Cc1c(Sc2nnnn2C(C)C)nn2c(C(F)(F)F)nnc2c1C. The molecule has 0 atom stereocenters. The van der Waals surface area contributed by atoms with Gasteiger partial charge in [-0.3, -0.25) is 0 Å². The molecule has 0 spiro atoms. The molecule has 0 aliphatic heterocycles. The average Bonchev–Trinajstić information content (AvgIpc) is 3.10. The molecule has 12 heteroatoms. The molecule has 0 aliphatic carbocycles. The summed E-state index contributed by atoms with van der Waals surface area (Å²) < 4.78 is 41.5. The van der Waals surface area contributed by atoms with Crippen LogP contribution in [0.3, 0.4) is 0 Å². The second-order valence-electron chi connectivity index (χ2n) is 5.41. The van der Waals surface area contributed by atoms with Gasteiger partial charge in [-0.15, -0.1) is 15.3 Å². The van der Waals surface area contributed by atoms with Gasteiger partial charge >= 0.3 is 6.18 Å². The van der Waals surface area contributed by atoms with Crippen molar-refractivity contribution >= 4 is 17.4 Å². The maximum absolute atomic E-state index is 13.1. The number of hydrogen-bond acceptors (Lipinski definition) is 7. The van der Waals surface area contributed by atoms with E-state index in [1.165, 1.54) is 0 Å². The standard InChI is InChI=1S/C12H13F3N8S/c1-5(2)22-11(18-20-21-22)24-9-7(4)6(3)8-16-17-10(12(13,14)15)23(8)19-9/h5H,1-4H3. The van der Waals surface area contributed by atoms with E-state index in [2.05, 4.69) is 30.8 Å². The molecule has 3 aromatic rings. The molecule has 0 radical (unpaired) electrons. The van der Waals surface area contributed by atoms with Crippen LogP contribution >= 0.6 is 11.8 Å². The van der Waals surface area contributed by atoms with Gasteiger partial charge in [-0.1, -0.05) is 0 Å². The van der Waals surface area contributed by atoms with Gasteiger partial charge in [0.1, 0.15) is 5.03 Å². The van der Waals surface area contributed by atoms with Gasteiger partial charge in [0.25, 0.3) is 5.82 Å². The number of fused-ring (bicyclic) bond motifs is 1. The molecule has 0 unspecified atom stereocenters. The zero-order valence-corrected chi connectivity index (χ0v) is 14.0. The first-order valence-corrected chi connectivity index (χ1v) is 7.77. The van der Waals surface area contributed by atoms with E-state index in [4.69, 9.17) is 0 Å². The molecule has 0 bridgehead atoms. The van der Waals surface area contributed by atoms with Crippen molar-refractivity contribution in [1.82, 2.24) is 40.0 Å². The molecule has 0 amide bonds. The van der Waals surface area contributed by atoms with Gasteiger partial charge in [0.05, 0.1) is 6.04 Å². The minimum Gasteiger partial charge on any atom is -0.218 e. The highest BCUT2D eigenvalue weighted by Gasteiger charge is 2.38. The van der Waals surface area contributed by atoms with E-state index < -0.39 is 12.0 Å². The van der Waals surface area contributed by atoms with Gasteiger partial charge in [0.15, 0.2) is 5.65 Å². The summed E-state index contributed by atoms with van der Waals surface area (Å²) in [7, 11) is 0. The number of halogens is 3. The zero-order valence-electron chi connectivity index (χ0n) is 13.2. The Hall–Kier alpha value is -2.24. The van der Waals surface area contributed by atoms with E-state index >= 15 is 0 Å². The normalized spacial score (nSPS) is 12.5. The molecular weight excluding hydrogens is 345 g/mol. The fourth-order valence-corrected chi connectivity index (χ4v) is 3.06. The van der Waals surface area contributed by atoms with Crippen molar-refractivity contribution in [3.8, 4) is 0 Å². The Morgan fingerprint density at radius 2 is 1.75 bits per heavy atom. The number of rotatable bonds is 3. The van der Waals surface area contributed by atoms with Gasteiger partial charge in [-0.25, -0.2) is 4.68 Å². The Kier molecular flexibility index (Phi) is 3.94. The van der Waals surface area contributed by atoms with Crippen LogP contribution in [0.5, 0.6) is 0 Å². The predicted octanol–water partition coefficient (Wildman–Crippen LogP) is 2.48. The summed E-state index contributed by atoms with van der Waals surface area (Å²) in [5.74, 6) is -1.16. The summed E-state index contributed by atoms with van der Waals surface area (Å²) >= 11 is 1.10. The van der Waals surface area contributed by atoms with Gasteiger partial charge in [-0.2, -0.15) is 22.8 Å². The topological polar surface area (TPSA) is 86.7 Å². The van der Waals surface area contributed by atoms with Crippen LogP contribution < -0.4 is 0 Å². The molecule has 8 nitrogen and oxygen atoms in total. The van der Waals surface area contributed by atoms with Crippen LogP contribution in [0.15, 0.2) is 10.2 Å². The predicted molar refractivity (Wildman–Crippen MR) is 77.6 cm³/mol. The molecule has 0 aliphatic rings. The van der Waals surface area contributed by atoms with E-state index in [9.17, 15) is 13.2 Å². The highest BCUT2D eigenvalue weighted by Crippen LogP contribution is 2.33. The molecule has 3 heterocycles. The Bertz CT molecular complexity index is 898.